The molecule has 1 aliphatic carbocycles. The maximum absolute atomic E-state index is 5.63. The van der Waals surface area contributed by atoms with E-state index in [2.05, 4.69) is 22.2 Å². The van der Waals surface area contributed by atoms with Crippen LogP contribution in [0.2, 0.25) is 0 Å². The van der Waals surface area contributed by atoms with Gasteiger partial charge in [-0.1, -0.05) is 19.8 Å². The molecule has 0 atom stereocenters. The van der Waals surface area contributed by atoms with Crippen LogP contribution < -0.4 is 5.32 Å². The molecule has 4 nitrogen and oxygen atoms in total. The Labute approximate surface area is 100 Å². The summed E-state index contributed by atoms with van der Waals surface area (Å²) < 4.78 is 5.63. The van der Waals surface area contributed by atoms with Crippen molar-refractivity contribution in [2.45, 2.75) is 45.1 Å². The van der Waals surface area contributed by atoms with Crippen LogP contribution in [-0.4, -0.2) is 16.0 Å². The Morgan fingerprint density at radius 3 is 3.00 bits per heavy atom. The highest BCUT2D eigenvalue weighted by molar-refractivity contribution is 5.74. The zero-order valence-corrected chi connectivity index (χ0v) is 10.1. The van der Waals surface area contributed by atoms with Gasteiger partial charge in [-0.25, -0.2) is 4.98 Å². The molecule has 0 unspecified atom stereocenters. The number of furan rings is 1. The van der Waals surface area contributed by atoms with Crippen LogP contribution in [0.1, 0.15) is 38.4 Å². The predicted octanol–water partition coefficient (Wildman–Crippen LogP) is 3.14. The average Bonchev–Trinajstić information content (AvgIpc) is 2.96. The van der Waals surface area contributed by atoms with Crippen LogP contribution in [0, 0.1) is 0 Å². The van der Waals surface area contributed by atoms with Crippen molar-refractivity contribution in [1.82, 2.24) is 9.97 Å². The van der Waals surface area contributed by atoms with Crippen molar-refractivity contribution in [2.75, 3.05) is 5.32 Å². The van der Waals surface area contributed by atoms with E-state index in [0.29, 0.717) is 17.7 Å². The van der Waals surface area contributed by atoms with E-state index in [1.807, 2.05) is 12.3 Å². The molecular weight excluding hydrogens is 214 g/mol. The van der Waals surface area contributed by atoms with Gasteiger partial charge >= 0.3 is 0 Å². The summed E-state index contributed by atoms with van der Waals surface area (Å²) in [5.74, 6) is 1.66. The number of nitrogens with zero attached hydrogens (tertiary/aromatic N) is 2. The first-order valence-electron chi connectivity index (χ1n) is 6.37. The van der Waals surface area contributed by atoms with E-state index >= 15 is 0 Å². The molecule has 0 aromatic carbocycles. The molecule has 0 spiro atoms. The highest BCUT2D eigenvalue weighted by Crippen LogP contribution is 2.22. The normalized spacial score (nSPS) is 16.8. The fraction of sp³-hybridized carbons (Fsp3) is 0.538. The number of aromatic nitrogens is 2. The summed E-state index contributed by atoms with van der Waals surface area (Å²) >= 11 is 0. The number of nitrogens with one attached hydrogen (secondary N) is 1. The Kier molecular flexibility index (Phi) is 2.71. The fourth-order valence-electron chi connectivity index (χ4n) is 2.38. The van der Waals surface area contributed by atoms with Crippen LogP contribution in [0.25, 0.3) is 11.1 Å². The van der Waals surface area contributed by atoms with E-state index < -0.39 is 0 Å². The molecule has 0 radical (unpaired) electrons. The van der Waals surface area contributed by atoms with Crippen molar-refractivity contribution in [3.63, 3.8) is 0 Å². The SMILES string of the molecule is CCc1cc2cnc(NC3CCCC3)nc2o1. The smallest absolute Gasteiger partial charge is 0.231 e. The van der Waals surface area contributed by atoms with Crippen molar-refractivity contribution in [1.29, 1.82) is 0 Å². The third kappa shape index (κ3) is 2.12. The number of aryl methyl sites for hydroxylation is 1. The van der Waals surface area contributed by atoms with E-state index in [-0.39, 0.29) is 0 Å². The lowest BCUT2D eigenvalue weighted by atomic mass is 10.2. The van der Waals surface area contributed by atoms with Crippen LogP contribution >= 0.6 is 0 Å². The number of hydrogen-bond acceptors (Lipinski definition) is 4. The maximum Gasteiger partial charge on any atom is 0.231 e. The first-order chi connectivity index (χ1) is 8.35. The summed E-state index contributed by atoms with van der Waals surface area (Å²) in [6.07, 6.45) is 7.78. The second-order valence-electron chi connectivity index (χ2n) is 4.65. The quantitative estimate of drug-likeness (QED) is 0.881. The largest absolute Gasteiger partial charge is 0.443 e. The van der Waals surface area contributed by atoms with Crippen LogP contribution in [0.15, 0.2) is 16.7 Å². The molecule has 17 heavy (non-hydrogen) atoms. The van der Waals surface area contributed by atoms with Crippen LogP contribution in [0.4, 0.5) is 5.95 Å². The van der Waals surface area contributed by atoms with Crippen molar-refractivity contribution < 1.29 is 4.42 Å². The van der Waals surface area contributed by atoms with Crippen molar-refractivity contribution in [2.24, 2.45) is 0 Å². The van der Waals surface area contributed by atoms with Crippen LogP contribution in [-0.2, 0) is 6.42 Å². The van der Waals surface area contributed by atoms with Crippen molar-refractivity contribution in [3.05, 3.63) is 18.0 Å². The molecule has 0 bridgehead atoms. The number of hydrogen-bond donors (Lipinski definition) is 1. The van der Waals surface area contributed by atoms with Gasteiger partial charge in [-0.15, -0.1) is 0 Å². The molecular formula is C13H17N3O. The number of rotatable bonds is 3. The Balaban J connectivity index is 1.84. The molecule has 1 fully saturated rings. The summed E-state index contributed by atoms with van der Waals surface area (Å²) in [7, 11) is 0. The highest BCUT2D eigenvalue weighted by Gasteiger charge is 2.16. The van der Waals surface area contributed by atoms with Gasteiger partial charge in [0.25, 0.3) is 0 Å². The average molecular weight is 231 g/mol. The molecule has 1 saturated carbocycles. The second kappa shape index (κ2) is 4.35. The van der Waals surface area contributed by atoms with Crippen molar-refractivity contribution in [3.8, 4) is 0 Å². The Bertz CT molecular complexity index is 514. The van der Waals surface area contributed by atoms with Crippen LogP contribution in [0.3, 0.4) is 0 Å². The molecule has 1 N–H and O–H groups in total. The zero-order chi connectivity index (χ0) is 11.7. The van der Waals surface area contributed by atoms with Gasteiger partial charge in [0, 0.05) is 18.7 Å². The first-order valence-corrected chi connectivity index (χ1v) is 6.37. The Hall–Kier alpha value is -1.58. The molecule has 90 valence electrons. The van der Waals surface area contributed by atoms with E-state index in [4.69, 9.17) is 4.42 Å². The molecule has 0 aliphatic heterocycles. The molecule has 0 amide bonds. The molecule has 2 heterocycles. The van der Waals surface area contributed by atoms with E-state index in [0.717, 1.165) is 17.6 Å². The summed E-state index contributed by atoms with van der Waals surface area (Å²) in [5.41, 5.74) is 0.692. The Morgan fingerprint density at radius 2 is 2.24 bits per heavy atom. The van der Waals surface area contributed by atoms with Gasteiger partial charge in [0.1, 0.15) is 5.76 Å². The van der Waals surface area contributed by atoms with Crippen LogP contribution in [0.5, 0.6) is 0 Å². The monoisotopic (exact) mass is 231 g/mol. The van der Waals surface area contributed by atoms with Crippen molar-refractivity contribution >= 4 is 17.0 Å². The van der Waals surface area contributed by atoms with Gasteiger partial charge in [0.15, 0.2) is 0 Å². The fourth-order valence-corrected chi connectivity index (χ4v) is 2.38. The molecule has 1 aliphatic rings. The second-order valence-corrected chi connectivity index (χ2v) is 4.65. The predicted molar refractivity (Wildman–Crippen MR) is 67.1 cm³/mol. The lowest BCUT2D eigenvalue weighted by Gasteiger charge is -2.10. The maximum atomic E-state index is 5.63. The summed E-state index contributed by atoms with van der Waals surface area (Å²) in [6.45, 7) is 2.07. The number of anilines is 1. The molecule has 2 aromatic rings. The summed E-state index contributed by atoms with van der Waals surface area (Å²) in [5, 5.41) is 4.36. The minimum Gasteiger partial charge on any atom is -0.443 e. The van der Waals surface area contributed by atoms with Gasteiger partial charge in [-0.3, -0.25) is 0 Å². The van der Waals surface area contributed by atoms with Gasteiger partial charge in [-0.05, 0) is 18.9 Å². The van der Waals surface area contributed by atoms with E-state index in [9.17, 15) is 0 Å². The first kappa shape index (κ1) is 10.6. The third-order valence-corrected chi connectivity index (χ3v) is 3.36. The molecule has 2 aromatic heterocycles. The summed E-state index contributed by atoms with van der Waals surface area (Å²) in [4.78, 5) is 8.75. The topological polar surface area (TPSA) is 51.0 Å². The van der Waals surface area contributed by atoms with E-state index in [1.165, 1.54) is 25.7 Å². The lowest BCUT2D eigenvalue weighted by Crippen LogP contribution is -2.16. The van der Waals surface area contributed by atoms with Gasteiger partial charge < -0.3 is 9.73 Å². The molecule has 4 heteroatoms. The zero-order valence-electron chi connectivity index (χ0n) is 10.1. The molecule has 3 rings (SSSR count). The lowest BCUT2D eigenvalue weighted by molar-refractivity contribution is 0.547. The van der Waals surface area contributed by atoms with Gasteiger partial charge in [0.2, 0.25) is 11.7 Å². The standard InChI is InChI=1S/C13H17N3O/c1-2-11-7-9-8-14-13(16-12(9)17-11)15-10-5-3-4-6-10/h7-8,10H,2-6H2,1H3,(H,14,15,16). The summed E-state index contributed by atoms with van der Waals surface area (Å²) in [6, 6.07) is 2.54. The minimum absolute atomic E-state index is 0.535. The Morgan fingerprint density at radius 1 is 1.41 bits per heavy atom. The number of fused-ring (bicyclic) bond motifs is 1. The van der Waals surface area contributed by atoms with E-state index in [1.54, 1.807) is 0 Å². The highest BCUT2D eigenvalue weighted by atomic mass is 16.3. The van der Waals surface area contributed by atoms with Gasteiger partial charge in [0.05, 0.1) is 5.39 Å². The van der Waals surface area contributed by atoms with Gasteiger partial charge in [-0.2, -0.15) is 4.98 Å². The third-order valence-electron chi connectivity index (χ3n) is 3.36. The molecule has 0 saturated heterocycles. The minimum atomic E-state index is 0.535.